The van der Waals surface area contributed by atoms with Gasteiger partial charge >= 0.3 is 0 Å². The molecule has 0 aromatic heterocycles. The van der Waals surface area contributed by atoms with Crippen LogP contribution in [0.1, 0.15) is 0 Å². The van der Waals surface area contributed by atoms with Crippen molar-refractivity contribution in [2.75, 3.05) is 0 Å². The molecule has 24 heavy (non-hydrogen) atoms. The van der Waals surface area contributed by atoms with E-state index in [0.29, 0.717) is 0 Å². The van der Waals surface area contributed by atoms with Crippen LogP contribution >= 0.6 is 0 Å². The molecule has 0 nitrogen and oxygen atoms in total. The third-order valence-electron chi connectivity index (χ3n) is 12.1. The predicted molar refractivity (Wildman–Crippen MR) is 145 cm³/mol. The van der Waals surface area contributed by atoms with E-state index in [-0.39, 0.29) is 17.1 Å². The largest absolute Gasteiger partial charge is 0.0759 e. The van der Waals surface area contributed by atoms with E-state index in [4.69, 9.17) is 0 Å². The van der Waals surface area contributed by atoms with Crippen LogP contribution in [0.15, 0.2) is 0 Å². The molecule has 0 amide bonds. The molecule has 2 fully saturated rings. The highest BCUT2D eigenvalue weighted by Gasteiger charge is 2.81. The molecule has 0 radical (unpaired) electrons. The van der Waals surface area contributed by atoms with Crippen LogP contribution in [0.25, 0.3) is 0 Å². The lowest BCUT2D eigenvalue weighted by atomic mass is 11.9. The van der Waals surface area contributed by atoms with Crippen LogP contribution in [0.2, 0.25) is 91.7 Å². The van der Waals surface area contributed by atoms with Crippen molar-refractivity contribution < 1.29 is 0 Å². The Kier molecular flexibility index (Phi) is 5.05. The standard InChI is InChI=1S/C14H46Si10/c1-17(2)15-23(13)21(9,10)19(5,6)20(7,8)22(11,12)24(23,14)16-18(17,3)4/h15-16H2,1-14H3/t23-,24-/m1/s1. The van der Waals surface area contributed by atoms with Gasteiger partial charge in [0.15, 0.2) is 0 Å². The molecule has 0 saturated carbocycles. The lowest BCUT2D eigenvalue weighted by molar-refractivity contribution is 1.76. The van der Waals surface area contributed by atoms with E-state index >= 15 is 0 Å². The van der Waals surface area contributed by atoms with Gasteiger partial charge in [0.25, 0.3) is 0 Å². The van der Waals surface area contributed by atoms with Gasteiger partial charge in [-0.3, -0.25) is 0 Å². The molecule has 0 N–H and O–H groups in total. The summed E-state index contributed by atoms with van der Waals surface area (Å²) in [6.45, 7) is 40.3. The van der Waals surface area contributed by atoms with Crippen LogP contribution in [0, 0.1) is 0 Å². The van der Waals surface area contributed by atoms with E-state index < -0.39 is 55.9 Å². The van der Waals surface area contributed by atoms with Crippen molar-refractivity contribution in [2.45, 2.75) is 91.7 Å². The van der Waals surface area contributed by atoms with Crippen molar-refractivity contribution in [3.63, 3.8) is 0 Å². The summed E-state index contributed by atoms with van der Waals surface area (Å²) in [4.78, 5) is 0. The maximum Gasteiger partial charge on any atom is 0.0304 e. The van der Waals surface area contributed by atoms with Gasteiger partial charge in [0.1, 0.15) is 0 Å². The monoisotopic (exact) mass is 494 g/mol. The van der Waals surface area contributed by atoms with E-state index in [0.717, 1.165) is 0 Å². The van der Waals surface area contributed by atoms with Crippen molar-refractivity contribution in [3.05, 3.63) is 0 Å². The molecule has 0 unspecified atom stereocenters. The van der Waals surface area contributed by atoms with Crippen molar-refractivity contribution in [3.8, 4) is 0 Å². The average molecular weight is 495 g/mol. The minimum Gasteiger partial charge on any atom is -0.0759 e. The molecule has 2 heterocycles. The summed E-state index contributed by atoms with van der Waals surface area (Å²) in [6.07, 6.45) is 0. The van der Waals surface area contributed by atoms with E-state index in [9.17, 15) is 0 Å². The third-order valence-corrected chi connectivity index (χ3v) is 313. The van der Waals surface area contributed by atoms with Crippen LogP contribution in [-0.2, 0) is 0 Å². The molecule has 0 aliphatic carbocycles. The highest BCUT2D eigenvalue weighted by molar-refractivity contribution is 8.30. The first kappa shape index (κ1) is 22.5. The van der Waals surface area contributed by atoms with Crippen molar-refractivity contribution in [2.24, 2.45) is 0 Å². The molecule has 2 aliphatic rings. The molecule has 0 aromatic rings. The van der Waals surface area contributed by atoms with Gasteiger partial charge in [-0.1, -0.05) is 91.7 Å². The van der Waals surface area contributed by atoms with Gasteiger partial charge in [-0.15, -0.1) is 0 Å². The lowest BCUT2D eigenvalue weighted by Crippen LogP contribution is -3.08. The van der Waals surface area contributed by atoms with Gasteiger partial charge in [0, 0.05) is 73.0 Å². The molecule has 142 valence electrons. The first-order valence-corrected chi connectivity index (χ1v) is 49.5. The second kappa shape index (κ2) is 5.40. The number of fused-ring (bicyclic) bond motifs is 1. The maximum atomic E-state index is 3.15. The fourth-order valence-corrected chi connectivity index (χ4v) is 610. The number of hydrogen-bond acceptors (Lipinski definition) is 0. The lowest BCUT2D eigenvalue weighted by Gasteiger charge is -2.78. The fraction of sp³-hybridized carbons (Fsp3) is 1.00. The Morgan fingerprint density at radius 2 is 0.542 bits per heavy atom. The number of rotatable bonds is 0. The van der Waals surface area contributed by atoms with E-state index in [1.807, 2.05) is 0 Å². The second-order valence-electron chi connectivity index (χ2n) is 13.3. The molecule has 0 bridgehead atoms. The topological polar surface area (TPSA) is 0 Å². The summed E-state index contributed by atoms with van der Waals surface area (Å²) in [5, 5.41) is 0. The van der Waals surface area contributed by atoms with Crippen LogP contribution in [0.5, 0.6) is 0 Å². The Bertz CT molecular complexity index is 514. The van der Waals surface area contributed by atoms with Gasteiger partial charge < -0.3 is 0 Å². The molecule has 2 aliphatic heterocycles. The maximum absolute atomic E-state index is 3.15. The van der Waals surface area contributed by atoms with Crippen molar-refractivity contribution in [1.29, 1.82) is 0 Å². The van der Waals surface area contributed by atoms with Gasteiger partial charge in [-0.25, -0.2) is 0 Å². The summed E-state index contributed by atoms with van der Waals surface area (Å²) in [5.74, 6) is 0. The summed E-state index contributed by atoms with van der Waals surface area (Å²) < 4.78 is 0. The fourth-order valence-electron chi connectivity index (χ4n) is 7.40. The molecule has 0 spiro atoms. The van der Waals surface area contributed by atoms with Crippen molar-refractivity contribution in [1.82, 2.24) is 0 Å². The summed E-state index contributed by atoms with van der Waals surface area (Å²) in [6, 6.07) is 0. The molecule has 2 atom stereocenters. The van der Waals surface area contributed by atoms with E-state index in [2.05, 4.69) is 91.7 Å². The van der Waals surface area contributed by atoms with Crippen LogP contribution in [0.4, 0.5) is 0 Å². The normalized spacial score (nSPS) is 45.8. The Morgan fingerprint density at radius 1 is 0.333 bits per heavy atom. The minimum atomic E-state index is -0.987. The number of hydrogen-bond donors (Lipinski definition) is 0. The molecule has 10 heteroatoms. The van der Waals surface area contributed by atoms with Crippen LogP contribution < -0.4 is 0 Å². The molecule has 0 aromatic carbocycles. The average Bonchev–Trinajstić information content (AvgIpc) is 2.33. The van der Waals surface area contributed by atoms with Gasteiger partial charge in [0.05, 0.1) is 0 Å². The quantitative estimate of drug-likeness (QED) is 0.453. The minimum absolute atomic E-state index is 0.285. The zero-order chi connectivity index (χ0) is 19.4. The third kappa shape index (κ3) is 2.18. The first-order chi connectivity index (χ1) is 10.2. The first-order valence-electron chi connectivity index (χ1n) is 10.2. The Balaban J connectivity index is 2.87. The van der Waals surface area contributed by atoms with Gasteiger partial charge in [-0.2, -0.15) is 0 Å². The zero-order valence-corrected chi connectivity index (χ0v) is 30.2. The smallest absolute Gasteiger partial charge is 0.0304 e. The Hall–Kier alpha value is 2.17. The molecular formula is C14H46Si10. The van der Waals surface area contributed by atoms with E-state index in [1.165, 1.54) is 0 Å². The molecule has 2 saturated heterocycles. The van der Waals surface area contributed by atoms with Crippen molar-refractivity contribution >= 4 is 73.0 Å². The highest BCUT2D eigenvalue weighted by atomic mass is 30.5. The van der Waals surface area contributed by atoms with Crippen LogP contribution in [-0.4, -0.2) is 73.0 Å². The zero-order valence-electron chi connectivity index (χ0n) is 19.4. The van der Waals surface area contributed by atoms with Crippen LogP contribution in [0.3, 0.4) is 0 Å². The van der Waals surface area contributed by atoms with Gasteiger partial charge in [-0.05, 0) is 0 Å². The summed E-state index contributed by atoms with van der Waals surface area (Å²) in [5.41, 5.74) is 0. The summed E-state index contributed by atoms with van der Waals surface area (Å²) in [7, 11) is -4.88. The predicted octanol–water partition coefficient (Wildman–Crippen LogP) is 3.29. The van der Waals surface area contributed by atoms with Gasteiger partial charge in [0.2, 0.25) is 0 Å². The Labute approximate surface area is 163 Å². The molecule has 2 rings (SSSR count). The molecular weight excluding hydrogens is 449 g/mol. The summed E-state index contributed by atoms with van der Waals surface area (Å²) >= 11 is 0. The Morgan fingerprint density at radius 3 is 0.750 bits per heavy atom. The van der Waals surface area contributed by atoms with E-state index in [1.54, 1.807) is 0 Å². The highest BCUT2D eigenvalue weighted by Crippen LogP contribution is 2.53. The second-order valence-corrected chi connectivity index (χ2v) is 141. The SMILES string of the molecule is C[Si]1(C)[SiH2][Si@]2(C)[Si](C)(C)[Si](C)(C)[Si](C)(C)[Si](C)(C)[Si@@]2(C)[SiH2][Si]1(C)C.